The van der Waals surface area contributed by atoms with Crippen LogP contribution in [0.3, 0.4) is 0 Å². The van der Waals surface area contributed by atoms with Gasteiger partial charge in [-0.05, 0) is 38.1 Å². The third-order valence-electron chi connectivity index (χ3n) is 4.40. The van der Waals surface area contributed by atoms with E-state index in [1.807, 2.05) is 6.92 Å². The molecule has 1 heterocycles. The molecule has 3 heteroatoms. The molecule has 0 spiro atoms. The predicted octanol–water partition coefficient (Wildman–Crippen LogP) is 2.11. The van der Waals surface area contributed by atoms with Crippen LogP contribution in [0.15, 0.2) is 0 Å². The SMILES string of the molecule is COC(=O)C1(C)CC(C2CCCC2)CCN1. The van der Waals surface area contributed by atoms with Crippen molar-refractivity contribution >= 4 is 5.97 Å². The summed E-state index contributed by atoms with van der Waals surface area (Å²) in [6.07, 6.45) is 7.65. The van der Waals surface area contributed by atoms with E-state index in [0.717, 1.165) is 18.9 Å². The molecule has 1 saturated heterocycles. The van der Waals surface area contributed by atoms with Crippen molar-refractivity contribution in [2.24, 2.45) is 11.8 Å². The normalized spacial score (nSPS) is 36.2. The van der Waals surface area contributed by atoms with Crippen molar-refractivity contribution in [1.82, 2.24) is 5.32 Å². The number of carbonyl (C=O) groups is 1. The average molecular weight is 225 g/mol. The molecule has 3 nitrogen and oxygen atoms in total. The molecule has 0 amide bonds. The molecule has 16 heavy (non-hydrogen) atoms. The van der Waals surface area contributed by atoms with Crippen LogP contribution in [0.2, 0.25) is 0 Å². The Morgan fingerprint density at radius 2 is 1.94 bits per heavy atom. The second-order valence-electron chi connectivity index (χ2n) is 5.55. The van der Waals surface area contributed by atoms with Gasteiger partial charge in [0.25, 0.3) is 0 Å². The highest BCUT2D eigenvalue weighted by Crippen LogP contribution is 2.39. The maximum atomic E-state index is 11.8. The molecular formula is C13H23NO2. The van der Waals surface area contributed by atoms with Gasteiger partial charge in [-0.25, -0.2) is 0 Å². The number of nitrogens with one attached hydrogen (secondary N) is 1. The zero-order valence-corrected chi connectivity index (χ0v) is 10.4. The van der Waals surface area contributed by atoms with Crippen molar-refractivity contribution in [2.75, 3.05) is 13.7 Å². The van der Waals surface area contributed by atoms with E-state index in [9.17, 15) is 4.79 Å². The van der Waals surface area contributed by atoms with Crippen LogP contribution in [0, 0.1) is 11.8 Å². The van der Waals surface area contributed by atoms with Crippen LogP contribution in [0.4, 0.5) is 0 Å². The fourth-order valence-corrected chi connectivity index (χ4v) is 3.44. The van der Waals surface area contributed by atoms with Gasteiger partial charge >= 0.3 is 5.97 Å². The Labute approximate surface area is 97.9 Å². The first-order chi connectivity index (χ1) is 7.65. The van der Waals surface area contributed by atoms with Gasteiger partial charge < -0.3 is 10.1 Å². The molecule has 0 bridgehead atoms. The van der Waals surface area contributed by atoms with E-state index in [1.54, 1.807) is 0 Å². The summed E-state index contributed by atoms with van der Waals surface area (Å²) >= 11 is 0. The van der Waals surface area contributed by atoms with Crippen molar-refractivity contribution in [2.45, 2.75) is 51.0 Å². The minimum atomic E-state index is -0.444. The second-order valence-corrected chi connectivity index (χ2v) is 5.55. The zero-order chi connectivity index (χ0) is 11.6. The first-order valence-corrected chi connectivity index (χ1v) is 6.49. The lowest BCUT2D eigenvalue weighted by molar-refractivity contribution is -0.149. The molecule has 0 aromatic carbocycles. The number of hydrogen-bond acceptors (Lipinski definition) is 3. The summed E-state index contributed by atoms with van der Waals surface area (Å²) in [4.78, 5) is 11.8. The lowest BCUT2D eigenvalue weighted by Crippen LogP contribution is -2.55. The third kappa shape index (κ3) is 2.24. The van der Waals surface area contributed by atoms with Crippen molar-refractivity contribution in [3.8, 4) is 0 Å². The van der Waals surface area contributed by atoms with Crippen LogP contribution in [0.5, 0.6) is 0 Å². The molecule has 2 aliphatic rings. The number of methoxy groups -OCH3 is 1. The topological polar surface area (TPSA) is 38.3 Å². The summed E-state index contributed by atoms with van der Waals surface area (Å²) in [5.74, 6) is 1.47. The maximum absolute atomic E-state index is 11.8. The number of carbonyl (C=O) groups excluding carboxylic acids is 1. The van der Waals surface area contributed by atoms with Crippen LogP contribution in [-0.2, 0) is 9.53 Å². The number of ether oxygens (including phenoxy) is 1. The Morgan fingerprint density at radius 1 is 1.25 bits per heavy atom. The molecule has 2 unspecified atom stereocenters. The van der Waals surface area contributed by atoms with E-state index in [0.29, 0.717) is 5.92 Å². The summed E-state index contributed by atoms with van der Waals surface area (Å²) in [6.45, 7) is 2.94. The Bertz CT molecular complexity index is 261. The number of rotatable bonds is 2. The van der Waals surface area contributed by atoms with Crippen molar-refractivity contribution in [3.05, 3.63) is 0 Å². The van der Waals surface area contributed by atoms with Crippen LogP contribution in [0.1, 0.15) is 45.4 Å². The Morgan fingerprint density at radius 3 is 2.56 bits per heavy atom. The van der Waals surface area contributed by atoms with Gasteiger partial charge in [0.2, 0.25) is 0 Å². The highest BCUT2D eigenvalue weighted by Gasteiger charge is 2.41. The van der Waals surface area contributed by atoms with Gasteiger partial charge in [0.15, 0.2) is 0 Å². The van der Waals surface area contributed by atoms with Crippen LogP contribution >= 0.6 is 0 Å². The fourth-order valence-electron chi connectivity index (χ4n) is 3.44. The molecular weight excluding hydrogens is 202 g/mol. The summed E-state index contributed by atoms with van der Waals surface area (Å²) in [7, 11) is 1.48. The first-order valence-electron chi connectivity index (χ1n) is 6.49. The highest BCUT2D eigenvalue weighted by atomic mass is 16.5. The van der Waals surface area contributed by atoms with Gasteiger partial charge in [0, 0.05) is 0 Å². The van der Waals surface area contributed by atoms with Crippen molar-refractivity contribution in [1.29, 1.82) is 0 Å². The zero-order valence-electron chi connectivity index (χ0n) is 10.4. The number of piperidine rings is 1. The summed E-state index contributed by atoms with van der Waals surface area (Å²) < 4.78 is 4.90. The van der Waals surface area contributed by atoms with E-state index in [-0.39, 0.29) is 5.97 Å². The van der Waals surface area contributed by atoms with E-state index in [4.69, 9.17) is 4.74 Å². The van der Waals surface area contributed by atoms with E-state index >= 15 is 0 Å². The van der Waals surface area contributed by atoms with Crippen molar-refractivity contribution < 1.29 is 9.53 Å². The number of hydrogen-bond donors (Lipinski definition) is 1. The van der Waals surface area contributed by atoms with E-state index in [1.165, 1.54) is 39.2 Å². The molecule has 0 aromatic heterocycles. The molecule has 1 aliphatic carbocycles. The smallest absolute Gasteiger partial charge is 0.325 e. The molecule has 2 rings (SSSR count). The molecule has 1 aliphatic heterocycles. The van der Waals surface area contributed by atoms with Gasteiger partial charge in [0.05, 0.1) is 7.11 Å². The fraction of sp³-hybridized carbons (Fsp3) is 0.923. The monoisotopic (exact) mass is 225 g/mol. The minimum absolute atomic E-state index is 0.102. The molecule has 2 atom stereocenters. The summed E-state index contributed by atoms with van der Waals surface area (Å²) in [5.41, 5.74) is -0.444. The quantitative estimate of drug-likeness (QED) is 0.731. The standard InChI is InChI=1S/C13H23NO2/c1-13(12(15)16-2)9-11(7-8-14-13)10-5-3-4-6-10/h10-11,14H,3-9H2,1-2H3. The summed E-state index contributed by atoms with van der Waals surface area (Å²) in [5, 5.41) is 3.33. The largest absolute Gasteiger partial charge is 0.468 e. The van der Waals surface area contributed by atoms with Gasteiger partial charge in [-0.3, -0.25) is 4.79 Å². The molecule has 0 radical (unpaired) electrons. The number of esters is 1. The summed E-state index contributed by atoms with van der Waals surface area (Å²) in [6, 6.07) is 0. The predicted molar refractivity (Wildman–Crippen MR) is 63.1 cm³/mol. The van der Waals surface area contributed by atoms with Crippen LogP contribution in [-0.4, -0.2) is 25.2 Å². The molecule has 1 saturated carbocycles. The van der Waals surface area contributed by atoms with Gasteiger partial charge in [0.1, 0.15) is 5.54 Å². The lowest BCUT2D eigenvalue weighted by atomic mass is 9.76. The third-order valence-corrected chi connectivity index (χ3v) is 4.40. The highest BCUT2D eigenvalue weighted by molar-refractivity contribution is 5.80. The Hall–Kier alpha value is -0.570. The van der Waals surface area contributed by atoms with Crippen molar-refractivity contribution in [3.63, 3.8) is 0 Å². The maximum Gasteiger partial charge on any atom is 0.325 e. The van der Waals surface area contributed by atoms with Gasteiger partial charge in [-0.2, -0.15) is 0 Å². The molecule has 92 valence electrons. The molecule has 0 aromatic rings. The lowest BCUT2D eigenvalue weighted by Gasteiger charge is -2.39. The minimum Gasteiger partial charge on any atom is -0.468 e. The van der Waals surface area contributed by atoms with E-state index in [2.05, 4.69) is 5.32 Å². The van der Waals surface area contributed by atoms with Crippen LogP contribution < -0.4 is 5.32 Å². The van der Waals surface area contributed by atoms with E-state index < -0.39 is 5.54 Å². The van der Waals surface area contributed by atoms with Crippen LogP contribution in [0.25, 0.3) is 0 Å². The molecule has 2 fully saturated rings. The molecule has 1 N–H and O–H groups in total. The first kappa shape index (κ1) is 11.9. The average Bonchev–Trinajstić information content (AvgIpc) is 2.81. The second kappa shape index (κ2) is 4.74. The van der Waals surface area contributed by atoms with Gasteiger partial charge in [-0.15, -0.1) is 0 Å². The Kier molecular flexibility index (Phi) is 3.53. The van der Waals surface area contributed by atoms with Gasteiger partial charge in [-0.1, -0.05) is 25.7 Å². The Balaban J connectivity index is 2.00.